The van der Waals surface area contributed by atoms with Crippen LogP contribution in [-0.2, 0) is 4.79 Å². The number of para-hydroxylation sites is 1. The second-order valence-corrected chi connectivity index (χ2v) is 8.04. The molecule has 1 aliphatic rings. The molecule has 1 amide bonds. The molecule has 33 heavy (non-hydrogen) atoms. The van der Waals surface area contributed by atoms with Gasteiger partial charge in [-0.3, -0.25) is 4.79 Å². The van der Waals surface area contributed by atoms with Gasteiger partial charge in [0.25, 0.3) is 0 Å². The summed E-state index contributed by atoms with van der Waals surface area (Å²) in [6.45, 7) is 3.34. The molecule has 7 heteroatoms. The Morgan fingerprint density at radius 2 is 1.42 bits per heavy atom. The maximum absolute atomic E-state index is 12.7. The number of aromatic amines is 2. The highest BCUT2D eigenvalue weighted by Crippen LogP contribution is 2.31. The molecule has 0 atom stereocenters. The van der Waals surface area contributed by atoms with E-state index in [0.717, 1.165) is 42.9 Å². The van der Waals surface area contributed by atoms with Gasteiger partial charge < -0.3 is 25.1 Å². The van der Waals surface area contributed by atoms with Gasteiger partial charge in [0.05, 0.1) is 22.4 Å². The number of imidazole rings is 1. The SMILES string of the molecule is O=C(/C=C/c1ccccc1)Nc1cc2[nH]c(=O)[nH]c2cc1N1CCN(c2ccccc2)CC1. The van der Waals surface area contributed by atoms with Crippen LogP contribution in [0.15, 0.2) is 83.7 Å². The third-order valence-corrected chi connectivity index (χ3v) is 5.86. The fraction of sp³-hybridized carbons (Fsp3) is 0.154. The monoisotopic (exact) mass is 439 g/mol. The average molecular weight is 440 g/mol. The first-order chi connectivity index (χ1) is 16.2. The minimum atomic E-state index is -0.266. The van der Waals surface area contributed by atoms with Crippen LogP contribution in [-0.4, -0.2) is 42.1 Å². The van der Waals surface area contributed by atoms with E-state index in [1.807, 2.05) is 48.5 Å². The van der Waals surface area contributed by atoms with E-state index in [9.17, 15) is 9.59 Å². The molecule has 0 aliphatic carbocycles. The van der Waals surface area contributed by atoms with Crippen LogP contribution in [0, 0.1) is 0 Å². The van der Waals surface area contributed by atoms with Gasteiger partial charge in [-0.2, -0.15) is 0 Å². The number of anilines is 3. The fourth-order valence-corrected chi connectivity index (χ4v) is 4.19. The Labute approximate surface area is 191 Å². The maximum atomic E-state index is 12.7. The molecule has 3 aromatic carbocycles. The molecule has 4 aromatic rings. The van der Waals surface area contributed by atoms with Gasteiger partial charge >= 0.3 is 5.69 Å². The summed E-state index contributed by atoms with van der Waals surface area (Å²) in [5, 5.41) is 3.01. The van der Waals surface area contributed by atoms with Crippen molar-refractivity contribution in [1.29, 1.82) is 0 Å². The predicted octanol–water partition coefficient (Wildman–Crippen LogP) is 3.83. The summed E-state index contributed by atoms with van der Waals surface area (Å²) in [6.07, 6.45) is 3.31. The number of hydrogen-bond acceptors (Lipinski definition) is 4. The summed E-state index contributed by atoms with van der Waals surface area (Å²) in [7, 11) is 0. The standard InChI is InChI=1S/C26H25N5O2/c32-25(12-11-19-7-3-1-4-8-19)27-23-17-21-22(29-26(33)28-21)18-24(23)31-15-13-30(14-16-31)20-9-5-2-6-10-20/h1-12,17-18H,13-16H2,(H,27,32)(H2,28,29,33)/b12-11+. The van der Waals surface area contributed by atoms with E-state index in [1.165, 1.54) is 11.8 Å². The van der Waals surface area contributed by atoms with Crippen LogP contribution < -0.4 is 20.8 Å². The third kappa shape index (κ3) is 4.67. The van der Waals surface area contributed by atoms with Crippen LogP contribution in [0.1, 0.15) is 5.56 Å². The summed E-state index contributed by atoms with van der Waals surface area (Å²) in [5.74, 6) is -0.222. The summed E-state index contributed by atoms with van der Waals surface area (Å²) >= 11 is 0. The Morgan fingerprint density at radius 1 is 0.818 bits per heavy atom. The molecular formula is C26H25N5O2. The molecule has 0 bridgehead atoms. The molecule has 0 unspecified atom stereocenters. The summed E-state index contributed by atoms with van der Waals surface area (Å²) < 4.78 is 0. The van der Waals surface area contributed by atoms with Gasteiger partial charge in [0.15, 0.2) is 0 Å². The molecule has 3 N–H and O–H groups in total. The fourth-order valence-electron chi connectivity index (χ4n) is 4.19. The molecule has 1 fully saturated rings. The number of carbonyl (C=O) groups is 1. The van der Waals surface area contributed by atoms with Crippen molar-refractivity contribution >= 4 is 40.1 Å². The number of benzene rings is 3. The molecule has 1 aliphatic heterocycles. The lowest BCUT2D eigenvalue weighted by Crippen LogP contribution is -2.46. The zero-order chi connectivity index (χ0) is 22.6. The summed E-state index contributed by atoms with van der Waals surface area (Å²) in [5.41, 5.74) is 4.85. The Bertz CT molecular complexity index is 1330. The minimum absolute atomic E-state index is 0.222. The van der Waals surface area contributed by atoms with Gasteiger partial charge in [0, 0.05) is 37.9 Å². The molecule has 166 valence electrons. The first-order valence-electron chi connectivity index (χ1n) is 11.0. The first-order valence-corrected chi connectivity index (χ1v) is 11.0. The van der Waals surface area contributed by atoms with E-state index < -0.39 is 0 Å². The van der Waals surface area contributed by atoms with Crippen LogP contribution in [0.4, 0.5) is 17.1 Å². The highest BCUT2D eigenvalue weighted by atomic mass is 16.1. The van der Waals surface area contributed by atoms with Gasteiger partial charge in [-0.25, -0.2) is 4.79 Å². The van der Waals surface area contributed by atoms with Gasteiger partial charge in [-0.1, -0.05) is 48.5 Å². The molecule has 0 saturated carbocycles. The van der Waals surface area contributed by atoms with Gasteiger partial charge in [-0.15, -0.1) is 0 Å². The number of nitrogens with zero attached hydrogens (tertiary/aromatic N) is 2. The number of carbonyl (C=O) groups excluding carboxylic acids is 1. The quantitative estimate of drug-likeness (QED) is 0.413. The molecular weight excluding hydrogens is 414 g/mol. The minimum Gasteiger partial charge on any atom is -0.368 e. The maximum Gasteiger partial charge on any atom is 0.323 e. The second kappa shape index (κ2) is 9.08. The number of rotatable bonds is 5. The van der Waals surface area contributed by atoms with Crippen molar-refractivity contribution in [2.45, 2.75) is 0 Å². The van der Waals surface area contributed by atoms with Crippen LogP contribution >= 0.6 is 0 Å². The highest BCUT2D eigenvalue weighted by molar-refractivity contribution is 6.05. The zero-order valence-electron chi connectivity index (χ0n) is 18.1. The second-order valence-electron chi connectivity index (χ2n) is 8.04. The van der Waals surface area contributed by atoms with E-state index in [0.29, 0.717) is 11.2 Å². The zero-order valence-corrected chi connectivity index (χ0v) is 18.1. The lowest BCUT2D eigenvalue weighted by atomic mass is 10.1. The van der Waals surface area contributed by atoms with Crippen LogP contribution in [0.25, 0.3) is 17.1 Å². The Kier molecular flexibility index (Phi) is 5.68. The van der Waals surface area contributed by atoms with Gasteiger partial charge in [-0.05, 0) is 35.9 Å². The van der Waals surface area contributed by atoms with Crippen LogP contribution in [0.3, 0.4) is 0 Å². The van der Waals surface area contributed by atoms with Crippen molar-refractivity contribution in [2.75, 3.05) is 41.3 Å². The van der Waals surface area contributed by atoms with Gasteiger partial charge in [0.2, 0.25) is 5.91 Å². The van der Waals surface area contributed by atoms with Crippen molar-refractivity contribution < 1.29 is 4.79 Å². The van der Waals surface area contributed by atoms with E-state index in [-0.39, 0.29) is 11.6 Å². The van der Waals surface area contributed by atoms with Gasteiger partial charge in [0.1, 0.15) is 0 Å². The average Bonchev–Trinajstić information content (AvgIpc) is 3.22. The lowest BCUT2D eigenvalue weighted by Gasteiger charge is -2.38. The van der Waals surface area contributed by atoms with Crippen molar-refractivity contribution in [3.63, 3.8) is 0 Å². The first kappa shape index (κ1) is 20.6. The number of fused-ring (bicyclic) bond motifs is 1. The molecule has 0 spiro atoms. The molecule has 1 saturated heterocycles. The normalized spacial score (nSPS) is 14.2. The van der Waals surface area contributed by atoms with E-state index in [2.05, 4.69) is 49.4 Å². The van der Waals surface area contributed by atoms with Crippen LogP contribution in [0.5, 0.6) is 0 Å². The van der Waals surface area contributed by atoms with Crippen LogP contribution in [0.2, 0.25) is 0 Å². The van der Waals surface area contributed by atoms with E-state index >= 15 is 0 Å². The Morgan fingerprint density at radius 3 is 2.12 bits per heavy atom. The number of piperazine rings is 1. The van der Waals surface area contributed by atoms with Crippen molar-refractivity contribution in [1.82, 2.24) is 9.97 Å². The Hall–Kier alpha value is -4.26. The molecule has 0 radical (unpaired) electrons. The topological polar surface area (TPSA) is 84.2 Å². The van der Waals surface area contributed by atoms with E-state index in [4.69, 9.17) is 0 Å². The van der Waals surface area contributed by atoms with E-state index in [1.54, 1.807) is 6.08 Å². The smallest absolute Gasteiger partial charge is 0.323 e. The number of hydrogen-bond donors (Lipinski definition) is 3. The highest BCUT2D eigenvalue weighted by Gasteiger charge is 2.21. The Balaban J connectivity index is 1.38. The third-order valence-electron chi connectivity index (χ3n) is 5.86. The summed E-state index contributed by atoms with van der Waals surface area (Å²) in [6, 6.07) is 23.8. The predicted molar refractivity (Wildman–Crippen MR) is 134 cm³/mol. The number of H-pyrrole nitrogens is 2. The molecule has 5 rings (SSSR count). The van der Waals surface area contributed by atoms with Crippen molar-refractivity contribution in [3.05, 3.63) is 94.9 Å². The summed E-state index contributed by atoms with van der Waals surface area (Å²) in [4.78, 5) is 34.7. The number of amides is 1. The lowest BCUT2D eigenvalue weighted by molar-refractivity contribution is -0.111. The number of aromatic nitrogens is 2. The number of nitrogens with one attached hydrogen (secondary N) is 3. The molecule has 7 nitrogen and oxygen atoms in total. The largest absolute Gasteiger partial charge is 0.368 e. The molecule has 2 heterocycles. The van der Waals surface area contributed by atoms with Crippen molar-refractivity contribution in [3.8, 4) is 0 Å². The van der Waals surface area contributed by atoms with Crippen molar-refractivity contribution in [2.24, 2.45) is 0 Å². The molecule has 1 aromatic heterocycles.